The Balaban J connectivity index is 1.97. The molecule has 0 fully saturated rings. The van der Waals surface area contributed by atoms with Crippen LogP contribution in [0.3, 0.4) is 0 Å². The number of aromatic nitrogens is 4. The van der Waals surface area contributed by atoms with Crippen LogP contribution in [0.1, 0.15) is 24.8 Å². The van der Waals surface area contributed by atoms with E-state index in [9.17, 15) is 0 Å². The average Bonchev–Trinajstić information content (AvgIpc) is 3.11. The molecule has 3 heterocycles. The standard InChI is InChI=1S/C16H15BrN4OS/c1-9(2)21-16(18-8-19-21)15-14-11-7-10(17)3-4-12(11)22-6-5-13(14)23-20-15/h3-4,7-9H,5-6H2,1-2H3. The summed E-state index contributed by atoms with van der Waals surface area (Å²) in [5, 5.41) is 4.35. The molecule has 0 bridgehead atoms. The summed E-state index contributed by atoms with van der Waals surface area (Å²) in [6, 6.07) is 6.32. The number of halogens is 1. The van der Waals surface area contributed by atoms with E-state index in [0.717, 1.165) is 39.3 Å². The minimum atomic E-state index is 0.230. The second-order valence-corrected chi connectivity index (χ2v) is 7.46. The Labute approximate surface area is 146 Å². The van der Waals surface area contributed by atoms with E-state index in [-0.39, 0.29) is 6.04 Å². The summed E-state index contributed by atoms with van der Waals surface area (Å²) < 4.78 is 13.5. The van der Waals surface area contributed by atoms with E-state index < -0.39 is 0 Å². The van der Waals surface area contributed by atoms with Gasteiger partial charge in [0, 0.05) is 32.9 Å². The molecule has 7 heteroatoms. The summed E-state index contributed by atoms with van der Waals surface area (Å²) >= 11 is 5.09. The Morgan fingerprint density at radius 1 is 1.35 bits per heavy atom. The zero-order chi connectivity index (χ0) is 16.0. The molecule has 3 aromatic rings. The molecule has 23 heavy (non-hydrogen) atoms. The van der Waals surface area contributed by atoms with Gasteiger partial charge in [-0.1, -0.05) is 15.9 Å². The van der Waals surface area contributed by atoms with Crippen LogP contribution < -0.4 is 4.74 Å². The van der Waals surface area contributed by atoms with Gasteiger partial charge >= 0.3 is 0 Å². The van der Waals surface area contributed by atoms with Gasteiger partial charge in [0.25, 0.3) is 0 Å². The second kappa shape index (κ2) is 5.72. The van der Waals surface area contributed by atoms with Crippen molar-refractivity contribution in [1.29, 1.82) is 0 Å². The number of hydrogen-bond acceptors (Lipinski definition) is 5. The summed E-state index contributed by atoms with van der Waals surface area (Å²) in [6.45, 7) is 4.86. The Morgan fingerprint density at radius 3 is 3.04 bits per heavy atom. The van der Waals surface area contributed by atoms with Crippen molar-refractivity contribution in [2.75, 3.05) is 6.61 Å². The van der Waals surface area contributed by atoms with Gasteiger partial charge in [-0.3, -0.25) is 0 Å². The maximum absolute atomic E-state index is 5.91. The molecule has 1 aromatic carbocycles. The first-order chi connectivity index (χ1) is 11.1. The monoisotopic (exact) mass is 390 g/mol. The molecule has 1 aliphatic heterocycles. The molecule has 0 radical (unpaired) electrons. The van der Waals surface area contributed by atoms with Gasteiger partial charge in [-0.15, -0.1) is 0 Å². The number of benzene rings is 1. The van der Waals surface area contributed by atoms with Gasteiger partial charge in [-0.25, -0.2) is 9.67 Å². The van der Waals surface area contributed by atoms with E-state index >= 15 is 0 Å². The SMILES string of the molecule is CC(C)n1ncnc1-c1nsc2c1-c1cc(Br)ccc1OCC2. The number of nitrogens with zero attached hydrogens (tertiary/aromatic N) is 4. The highest BCUT2D eigenvalue weighted by molar-refractivity contribution is 9.10. The van der Waals surface area contributed by atoms with Crippen LogP contribution in [-0.4, -0.2) is 25.7 Å². The summed E-state index contributed by atoms with van der Waals surface area (Å²) in [6.07, 6.45) is 2.45. The molecule has 0 aliphatic carbocycles. The van der Waals surface area contributed by atoms with Crippen molar-refractivity contribution in [2.24, 2.45) is 0 Å². The van der Waals surface area contributed by atoms with Crippen molar-refractivity contribution in [3.05, 3.63) is 33.9 Å². The number of rotatable bonds is 2. The summed E-state index contributed by atoms with van der Waals surface area (Å²) in [4.78, 5) is 5.69. The fourth-order valence-electron chi connectivity index (χ4n) is 2.80. The molecule has 0 saturated heterocycles. The Hall–Kier alpha value is -1.73. The second-order valence-electron chi connectivity index (χ2n) is 5.69. The number of hydrogen-bond donors (Lipinski definition) is 0. The van der Waals surface area contributed by atoms with Crippen molar-refractivity contribution < 1.29 is 4.74 Å². The van der Waals surface area contributed by atoms with Crippen LogP contribution in [0.5, 0.6) is 5.75 Å². The fraction of sp³-hybridized carbons (Fsp3) is 0.312. The lowest BCUT2D eigenvalue weighted by atomic mass is 10.0. The van der Waals surface area contributed by atoms with Crippen molar-refractivity contribution in [2.45, 2.75) is 26.3 Å². The molecule has 118 valence electrons. The highest BCUT2D eigenvalue weighted by Crippen LogP contribution is 2.43. The van der Waals surface area contributed by atoms with Gasteiger partial charge in [0.05, 0.1) is 6.61 Å². The summed E-state index contributed by atoms with van der Waals surface area (Å²) in [5.41, 5.74) is 3.08. The Morgan fingerprint density at radius 2 is 2.22 bits per heavy atom. The molecule has 2 aromatic heterocycles. The van der Waals surface area contributed by atoms with Crippen LogP contribution in [0, 0.1) is 0 Å². The van der Waals surface area contributed by atoms with Gasteiger partial charge in [0.2, 0.25) is 0 Å². The molecule has 0 N–H and O–H groups in total. The quantitative estimate of drug-likeness (QED) is 0.652. The maximum atomic E-state index is 5.91. The zero-order valence-corrected chi connectivity index (χ0v) is 15.2. The maximum Gasteiger partial charge on any atom is 0.178 e. The minimum absolute atomic E-state index is 0.230. The van der Waals surface area contributed by atoms with Crippen molar-refractivity contribution in [3.63, 3.8) is 0 Å². The first kappa shape index (κ1) is 14.8. The summed E-state index contributed by atoms with van der Waals surface area (Å²) in [5.74, 6) is 1.70. The predicted molar refractivity (Wildman–Crippen MR) is 93.9 cm³/mol. The van der Waals surface area contributed by atoms with Crippen LogP contribution in [0.4, 0.5) is 0 Å². The lowest BCUT2D eigenvalue weighted by Gasteiger charge is -2.11. The first-order valence-electron chi connectivity index (χ1n) is 7.46. The van der Waals surface area contributed by atoms with Crippen LogP contribution in [-0.2, 0) is 6.42 Å². The molecular weight excluding hydrogens is 376 g/mol. The molecule has 4 rings (SSSR count). The Bertz CT molecular complexity index is 871. The van der Waals surface area contributed by atoms with Gasteiger partial charge in [-0.05, 0) is 43.6 Å². The topological polar surface area (TPSA) is 52.8 Å². The van der Waals surface area contributed by atoms with E-state index in [0.29, 0.717) is 6.61 Å². The van der Waals surface area contributed by atoms with Crippen molar-refractivity contribution in [1.82, 2.24) is 19.1 Å². The number of ether oxygens (including phenoxy) is 1. The fourth-order valence-corrected chi connectivity index (χ4v) is 4.01. The molecule has 0 atom stereocenters. The van der Waals surface area contributed by atoms with Crippen molar-refractivity contribution >= 4 is 27.5 Å². The summed E-state index contributed by atoms with van der Waals surface area (Å²) in [7, 11) is 0. The van der Waals surface area contributed by atoms with Crippen molar-refractivity contribution in [3.8, 4) is 28.4 Å². The van der Waals surface area contributed by atoms with E-state index in [4.69, 9.17) is 9.11 Å². The van der Waals surface area contributed by atoms with E-state index in [1.54, 1.807) is 6.33 Å². The Kier molecular flexibility index (Phi) is 3.69. The molecule has 5 nitrogen and oxygen atoms in total. The highest BCUT2D eigenvalue weighted by atomic mass is 79.9. The van der Waals surface area contributed by atoms with Crippen LogP contribution >= 0.6 is 27.5 Å². The van der Waals surface area contributed by atoms with Crippen LogP contribution in [0.2, 0.25) is 0 Å². The van der Waals surface area contributed by atoms with E-state index in [1.807, 2.05) is 16.8 Å². The van der Waals surface area contributed by atoms with Crippen LogP contribution in [0.25, 0.3) is 22.6 Å². The highest BCUT2D eigenvalue weighted by Gasteiger charge is 2.26. The zero-order valence-electron chi connectivity index (χ0n) is 12.8. The molecule has 0 spiro atoms. The van der Waals surface area contributed by atoms with Gasteiger partial charge in [0.1, 0.15) is 17.8 Å². The average molecular weight is 391 g/mol. The molecule has 0 amide bonds. The molecular formula is C16H15BrN4OS. The lowest BCUT2D eigenvalue weighted by molar-refractivity contribution is 0.327. The molecule has 0 saturated carbocycles. The van der Waals surface area contributed by atoms with Gasteiger partial charge in [0.15, 0.2) is 5.82 Å². The largest absolute Gasteiger partial charge is 0.493 e. The van der Waals surface area contributed by atoms with E-state index in [1.165, 1.54) is 16.4 Å². The minimum Gasteiger partial charge on any atom is -0.493 e. The normalized spacial score (nSPS) is 13.4. The third-order valence-corrected chi connectivity index (χ3v) is 5.23. The van der Waals surface area contributed by atoms with Crippen LogP contribution in [0.15, 0.2) is 29.0 Å². The smallest absolute Gasteiger partial charge is 0.178 e. The predicted octanol–water partition coefficient (Wildman–Crippen LogP) is 4.35. The third-order valence-electron chi connectivity index (χ3n) is 3.83. The lowest BCUT2D eigenvalue weighted by Crippen LogP contribution is -2.05. The van der Waals surface area contributed by atoms with E-state index in [2.05, 4.69) is 45.9 Å². The number of fused-ring (bicyclic) bond motifs is 3. The van der Waals surface area contributed by atoms with Gasteiger partial charge in [-0.2, -0.15) is 9.47 Å². The van der Waals surface area contributed by atoms with Gasteiger partial charge < -0.3 is 4.74 Å². The third kappa shape index (κ3) is 2.48. The molecule has 1 aliphatic rings. The first-order valence-corrected chi connectivity index (χ1v) is 9.03. The molecule has 0 unspecified atom stereocenters.